The van der Waals surface area contributed by atoms with E-state index in [0.717, 1.165) is 30.2 Å². The summed E-state index contributed by atoms with van der Waals surface area (Å²) >= 11 is 1.81. The highest BCUT2D eigenvalue weighted by Crippen LogP contribution is 2.13. The van der Waals surface area contributed by atoms with Gasteiger partial charge in [-0.3, -0.25) is 9.20 Å². The van der Waals surface area contributed by atoms with Crippen LogP contribution in [0, 0.1) is 0 Å². The lowest BCUT2D eigenvalue weighted by molar-refractivity contribution is 0.0957. The second-order valence-corrected chi connectivity index (χ2v) is 6.88. The Morgan fingerprint density at radius 3 is 2.80 bits per heavy atom. The maximum Gasteiger partial charge on any atom is 0.255 e. The zero-order valence-electron chi connectivity index (χ0n) is 14.3. The van der Waals surface area contributed by atoms with Crippen molar-refractivity contribution in [2.75, 3.05) is 12.3 Å². The van der Waals surface area contributed by atoms with Crippen LogP contribution in [0.1, 0.15) is 35.1 Å². The van der Waals surface area contributed by atoms with E-state index in [4.69, 9.17) is 0 Å². The Balaban J connectivity index is 1.54. The SMILES string of the molecule is CCCc1nnc2c(C(=O)NCCSCc3ccccc3)cccn12. The van der Waals surface area contributed by atoms with Gasteiger partial charge in [-0.05, 0) is 24.1 Å². The van der Waals surface area contributed by atoms with Crippen molar-refractivity contribution >= 4 is 23.3 Å². The maximum atomic E-state index is 12.5. The predicted octanol–water partition coefficient (Wildman–Crippen LogP) is 3.35. The third kappa shape index (κ3) is 4.39. The fourth-order valence-corrected chi connectivity index (χ4v) is 3.45. The minimum atomic E-state index is -0.0960. The molecular weight excluding hydrogens is 332 g/mol. The van der Waals surface area contributed by atoms with Gasteiger partial charge < -0.3 is 5.32 Å². The molecule has 0 atom stereocenters. The molecular formula is C19H22N4OS. The number of fused-ring (bicyclic) bond motifs is 1. The van der Waals surface area contributed by atoms with Crippen molar-refractivity contribution in [1.29, 1.82) is 0 Å². The lowest BCUT2D eigenvalue weighted by atomic mass is 10.2. The van der Waals surface area contributed by atoms with E-state index in [1.807, 2.05) is 46.6 Å². The van der Waals surface area contributed by atoms with Crippen molar-refractivity contribution < 1.29 is 4.79 Å². The molecule has 1 amide bonds. The number of carbonyl (C=O) groups is 1. The summed E-state index contributed by atoms with van der Waals surface area (Å²) < 4.78 is 1.91. The molecule has 0 spiro atoms. The molecule has 0 saturated heterocycles. The average Bonchev–Trinajstić information content (AvgIpc) is 3.05. The lowest BCUT2D eigenvalue weighted by Gasteiger charge is -2.07. The van der Waals surface area contributed by atoms with E-state index >= 15 is 0 Å². The number of thioether (sulfide) groups is 1. The number of hydrogen-bond donors (Lipinski definition) is 1. The zero-order valence-corrected chi connectivity index (χ0v) is 15.1. The molecule has 0 saturated carbocycles. The molecule has 2 aromatic heterocycles. The van der Waals surface area contributed by atoms with E-state index in [9.17, 15) is 4.79 Å². The molecule has 2 heterocycles. The van der Waals surface area contributed by atoms with Crippen LogP contribution in [0.2, 0.25) is 0 Å². The van der Waals surface area contributed by atoms with Gasteiger partial charge in [-0.25, -0.2) is 0 Å². The van der Waals surface area contributed by atoms with Gasteiger partial charge in [0.1, 0.15) is 5.82 Å². The van der Waals surface area contributed by atoms with E-state index in [1.54, 1.807) is 6.07 Å². The first kappa shape index (κ1) is 17.5. The Kier molecular flexibility index (Phi) is 6.06. The summed E-state index contributed by atoms with van der Waals surface area (Å²) in [7, 11) is 0. The summed E-state index contributed by atoms with van der Waals surface area (Å²) in [5, 5.41) is 11.4. The normalized spacial score (nSPS) is 10.9. The van der Waals surface area contributed by atoms with E-state index in [-0.39, 0.29) is 5.91 Å². The van der Waals surface area contributed by atoms with Crippen molar-refractivity contribution in [2.24, 2.45) is 0 Å². The molecule has 0 aliphatic heterocycles. The summed E-state index contributed by atoms with van der Waals surface area (Å²) in [4.78, 5) is 12.5. The van der Waals surface area contributed by atoms with Crippen LogP contribution in [0.25, 0.3) is 5.65 Å². The van der Waals surface area contributed by atoms with E-state index in [2.05, 4.69) is 34.6 Å². The molecule has 6 heteroatoms. The van der Waals surface area contributed by atoms with Crippen LogP contribution >= 0.6 is 11.8 Å². The van der Waals surface area contributed by atoms with E-state index in [1.165, 1.54) is 5.56 Å². The van der Waals surface area contributed by atoms with Crippen molar-refractivity contribution in [2.45, 2.75) is 25.5 Å². The maximum absolute atomic E-state index is 12.5. The standard InChI is InChI=1S/C19H22N4OS/c1-2-7-17-21-22-18-16(10-6-12-23(17)18)19(24)20-11-13-25-14-15-8-4-3-5-9-15/h3-6,8-10,12H,2,7,11,13-14H2,1H3,(H,20,24). The molecule has 1 aromatic carbocycles. The van der Waals surface area contributed by atoms with Crippen LogP contribution in [0.4, 0.5) is 0 Å². The third-order valence-corrected chi connectivity index (χ3v) is 4.90. The van der Waals surface area contributed by atoms with Crippen LogP contribution in [0.5, 0.6) is 0 Å². The minimum Gasteiger partial charge on any atom is -0.351 e. The first-order valence-corrected chi connectivity index (χ1v) is 9.67. The van der Waals surface area contributed by atoms with E-state index in [0.29, 0.717) is 17.8 Å². The quantitative estimate of drug-likeness (QED) is 0.630. The summed E-state index contributed by atoms with van der Waals surface area (Å²) in [5.74, 6) is 2.63. The monoisotopic (exact) mass is 354 g/mol. The lowest BCUT2D eigenvalue weighted by Crippen LogP contribution is -2.26. The highest BCUT2D eigenvalue weighted by molar-refractivity contribution is 7.98. The summed E-state index contributed by atoms with van der Waals surface area (Å²) in [6.07, 6.45) is 3.75. The Labute approximate surface area is 151 Å². The van der Waals surface area contributed by atoms with Gasteiger partial charge in [0.15, 0.2) is 5.65 Å². The number of amides is 1. The molecule has 5 nitrogen and oxygen atoms in total. The molecule has 130 valence electrons. The second-order valence-electron chi connectivity index (χ2n) is 5.78. The molecule has 3 aromatic rings. The molecule has 0 fully saturated rings. The first-order valence-electron chi connectivity index (χ1n) is 8.52. The Bertz CT molecular complexity index is 832. The van der Waals surface area contributed by atoms with Crippen LogP contribution in [0.3, 0.4) is 0 Å². The third-order valence-electron chi connectivity index (χ3n) is 3.87. The number of pyridine rings is 1. The number of aryl methyl sites for hydroxylation is 1. The van der Waals surface area contributed by atoms with Crippen molar-refractivity contribution in [3.63, 3.8) is 0 Å². The molecule has 1 N–H and O–H groups in total. The van der Waals surface area contributed by atoms with Crippen molar-refractivity contribution in [3.8, 4) is 0 Å². The predicted molar refractivity (Wildman–Crippen MR) is 102 cm³/mol. The molecule has 0 bridgehead atoms. The van der Waals surface area contributed by atoms with Gasteiger partial charge >= 0.3 is 0 Å². The molecule has 0 aliphatic rings. The number of hydrogen-bond acceptors (Lipinski definition) is 4. The van der Waals surface area contributed by atoms with Crippen LogP contribution in [-0.2, 0) is 12.2 Å². The van der Waals surface area contributed by atoms with Gasteiger partial charge in [0.2, 0.25) is 0 Å². The number of nitrogens with one attached hydrogen (secondary N) is 1. The Hall–Kier alpha value is -2.34. The number of benzene rings is 1. The van der Waals surface area contributed by atoms with Gasteiger partial charge in [0.05, 0.1) is 5.56 Å². The van der Waals surface area contributed by atoms with Gasteiger partial charge in [-0.15, -0.1) is 10.2 Å². The highest BCUT2D eigenvalue weighted by Gasteiger charge is 2.14. The Morgan fingerprint density at radius 2 is 2.00 bits per heavy atom. The number of rotatable bonds is 8. The van der Waals surface area contributed by atoms with Crippen molar-refractivity contribution in [3.05, 3.63) is 65.6 Å². The number of carbonyl (C=O) groups excluding carboxylic acids is 1. The van der Waals surface area contributed by atoms with Crippen LogP contribution in [-0.4, -0.2) is 32.8 Å². The van der Waals surface area contributed by atoms with Crippen molar-refractivity contribution in [1.82, 2.24) is 19.9 Å². The van der Waals surface area contributed by atoms with Gasteiger partial charge in [-0.1, -0.05) is 37.3 Å². The smallest absolute Gasteiger partial charge is 0.255 e. The largest absolute Gasteiger partial charge is 0.351 e. The fourth-order valence-electron chi connectivity index (χ4n) is 2.63. The molecule has 0 radical (unpaired) electrons. The number of nitrogens with zero attached hydrogens (tertiary/aromatic N) is 3. The van der Waals surface area contributed by atoms with Crippen LogP contribution in [0.15, 0.2) is 48.7 Å². The Morgan fingerprint density at radius 1 is 1.16 bits per heavy atom. The number of aromatic nitrogens is 3. The molecule has 0 unspecified atom stereocenters. The molecule has 0 aliphatic carbocycles. The highest BCUT2D eigenvalue weighted by atomic mass is 32.2. The first-order chi connectivity index (χ1) is 12.3. The second kappa shape index (κ2) is 8.67. The molecule has 3 rings (SSSR count). The summed E-state index contributed by atoms with van der Waals surface area (Å²) in [5.41, 5.74) is 2.50. The minimum absolute atomic E-state index is 0.0960. The molecule has 25 heavy (non-hydrogen) atoms. The van der Waals surface area contributed by atoms with Gasteiger partial charge in [0.25, 0.3) is 5.91 Å². The van der Waals surface area contributed by atoms with Crippen LogP contribution < -0.4 is 5.32 Å². The topological polar surface area (TPSA) is 59.3 Å². The van der Waals surface area contributed by atoms with Gasteiger partial charge in [-0.2, -0.15) is 11.8 Å². The zero-order chi connectivity index (χ0) is 17.5. The summed E-state index contributed by atoms with van der Waals surface area (Å²) in [6, 6.07) is 14.0. The fraction of sp³-hybridized carbons (Fsp3) is 0.316. The average molecular weight is 354 g/mol. The van der Waals surface area contributed by atoms with Gasteiger partial charge in [0, 0.05) is 30.7 Å². The van der Waals surface area contributed by atoms with E-state index < -0.39 is 0 Å². The summed E-state index contributed by atoms with van der Waals surface area (Å²) in [6.45, 7) is 2.73.